The predicted octanol–water partition coefficient (Wildman–Crippen LogP) is 0.0911. The van der Waals surface area contributed by atoms with E-state index in [9.17, 15) is 4.79 Å². The lowest BCUT2D eigenvalue weighted by molar-refractivity contribution is 0.146. The van der Waals surface area contributed by atoms with Gasteiger partial charge in [0.05, 0.1) is 0 Å². The third-order valence-electron chi connectivity index (χ3n) is 2.49. The third-order valence-corrected chi connectivity index (χ3v) is 2.49. The highest BCUT2D eigenvalue weighted by molar-refractivity contribution is 5.72. The molecule has 0 saturated carbocycles. The average molecular weight is 171 g/mol. The van der Waals surface area contributed by atoms with E-state index in [0.717, 1.165) is 25.9 Å². The monoisotopic (exact) mass is 171 g/mol. The number of urea groups is 1. The fraction of sp³-hybridized carbons (Fsp3) is 0.875. The van der Waals surface area contributed by atoms with E-state index in [1.165, 1.54) is 0 Å². The van der Waals surface area contributed by atoms with E-state index < -0.39 is 0 Å². The van der Waals surface area contributed by atoms with E-state index in [-0.39, 0.29) is 6.03 Å². The maximum Gasteiger partial charge on any atom is 0.314 e. The highest BCUT2D eigenvalue weighted by Gasteiger charge is 2.22. The van der Waals surface area contributed by atoms with Gasteiger partial charge in [0, 0.05) is 19.6 Å². The quantitative estimate of drug-likeness (QED) is 0.608. The molecule has 4 heteroatoms. The van der Waals surface area contributed by atoms with Crippen LogP contribution in [-0.2, 0) is 0 Å². The Kier molecular flexibility index (Phi) is 2.92. The van der Waals surface area contributed by atoms with Gasteiger partial charge in [-0.3, -0.25) is 0 Å². The second kappa shape index (κ2) is 3.76. The zero-order valence-electron chi connectivity index (χ0n) is 7.79. The van der Waals surface area contributed by atoms with Gasteiger partial charge in [0.2, 0.25) is 0 Å². The molecule has 1 atom stereocenters. The molecule has 0 aromatic heterocycles. The van der Waals surface area contributed by atoms with Crippen molar-refractivity contribution in [1.82, 2.24) is 9.80 Å². The van der Waals surface area contributed by atoms with Crippen molar-refractivity contribution in [2.24, 2.45) is 5.73 Å². The molecule has 2 amide bonds. The number of piperidine rings is 1. The molecule has 1 aliphatic heterocycles. The first-order chi connectivity index (χ1) is 5.61. The molecule has 0 spiro atoms. The molecule has 12 heavy (non-hydrogen) atoms. The molecule has 1 aliphatic rings. The van der Waals surface area contributed by atoms with Crippen LogP contribution >= 0.6 is 0 Å². The molecule has 0 aromatic carbocycles. The summed E-state index contributed by atoms with van der Waals surface area (Å²) in [5, 5.41) is 0. The first-order valence-corrected chi connectivity index (χ1v) is 4.32. The number of carbonyl (C=O) groups excluding carboxylic acids is 1. The molecule has 0 aliphatic carbocycles. The molecule has 1 fully saturated rings. The van der Waals surface area contributed by atoms with Crippen molar-refractivity contribution >= 4 is 6.03 Å². The van der Waals surface area contributed by atoms with Gasteiger partial charge in [0.25, 0.3) is 0 Å². The largest absolute Gasteiger partial charge is 0.351 e. The van der Waals surface area contributed by atoms with E-state index in [1.54, 1.807) is 11.9 Å². The van der Waals surface area contributed by atoms with Crippen LogP contribution < -0.4 is 5.73 Å². The minimum Gasteiger partial charge on any atom is -0.351 e. The number of nitrogens with two attached hydrogens (primary N) is 1. The summed E-state index contributed by atoms with van der Waals surface area (Å²) in [4.78, 5) is 14.7. The molecular weight excluding hydrogens is 154 g/mol. The number of likely N-dealkylation sites (N-methyl/N-ethyl adjacent to an activating group) is 2. The highest BCUT2D eigenvalue weighted by atomic mass is 16.2. The van der Waals surface area contributed by atoms with Gasteiger partial charge in [-0.25, -0.2) is 4.79 Å². The number of hydrogen-bond acceptors (Lipinski definition) is 2. The van der Waals surface area contributed by atoms with Gasteiger partial charge in [-0.15, -0.1) is 0 Å². The van der Waals surface area contributed by atoms with Crippen molar-refractivity contribution in [2.75, 3.05) is 27.2 Å². The van der Waals surface area contributed by atoms with E-state index in [1.807, 2.05) is 0 Å². The first kappa shape index (κ1) is 9.32. The van der Waals surface area contributed by atoms with Crippen molar-refractivity contribution in [3.63, 3.8) is 0 Å². The molecular formula is C8H17N3O. The van der Waals surface area contributed by atoms with Crippen LogP contribution in [0.25, 0.3) is 0 Å². The Morgan fingerprint density at radius 1 is 1.67 bits per heavy atom. The molecule has 1 saturated heterocycles. The number of nitrogens with zero attached hydrogens (tertiary/aromatic N) is 2. The van der Waals surface area contributed by atoms with Gasteiger partial charge in [-0.1, -0.05) is 0 Å². The summed E-state index contributed by atoms with van der Waals surface area (Å²) < 4.78 is 0. The topological polar surface area (TPSA) is 49.6 Å². The van der Waals surface area contributed by atoms with Gasteiger partial charge in [0.1, 0.15) is 0 Å². The fourth-order valence-corrected chi connectivity index (χ4v) is 1.64. The number of primary amides is 1. The van der Waals surface area contributed by atoms with Crippen LogP contribution in [0.2, 0.25) is 0 Å². The average Bonchev–Trinajstić information content (AvgIpc) is 2.03. The van der Waals surface area contributed by atoms with E-state index in [0.29, 0.717) is 6.04 Å². The van der Waals surface area contributed by atoms with Crippen LogP contribution in [0.4, 0.5) is 4.79 Å². The maximum absolute atomic E-state index is 10.8. The smallest absolute Gasteiger partial charge is 0.314 e. The van der Waals surface area contributed by atoms with Gasteiger partial charge in [0.15, 0.2) is 0 Å². The van der Waals surface area contributed by atoms with Gasteiger partial charge in [-0.05, 0) is 26.4 Å². The Hall–Kier alpha value is -0.770. The zero-order valence-corrected chi connectivity index (χ0v) is 7.79. The van der Waals surface area contributed by atoms with Crippen LogP contribution in [0.3, 0.4) is 0 Å². The van der Waals surface area contributed by atoms with Gasteiger partial charge >= 0.3 is 6.03 Å². The molecule has 1 rings (SSSR count). The van der Waals surface area contributed by atoms with Crippen LogP contribution in [-0.4, -0.2) is 49.1 Å². The summed E-state index contributed by atoms with van der Waals surface area (Å²) in [5.74, 6) is 0. The Morgan fingerprint density at radius 3 is 2.83 bits per heavy atom. The van der Waals surface area contributed by atoms with Crippen LogP contribution in [0, 0.1) is 0 Å². The fourth-order valence-electron chi connectivity index (χ4n) is 1.64. The maximum atomic E-state index is 10.8. The van der Waals surface area contributed by atoms with Crippen molar-refractivity contribution in [1.29, 1.82) is 0 Å². The molecule has 0 aromatic rings. The lowest BCUT2D eigenvalue weighted by Crippen LogP contribution is -2.48. The standard InChI is InChI=1S/C8H17N3O/c1-10-5-3-4-7(6-10)11(2)8(9)12/h7H,3-6H2,1-2H3,(H2,9,12). The second-order valence-corrected chi connectivity index (χ2v) is 3.51. The van der Waals surface area contributed by atoms with E-state index in [2.05, 4.69) is 11.9 Å². The first-order valence-electron chi connectivity index (χ1n) is 4.32. The second-order valence-electron chi connectivity index (χ2n) is 3.51. The highest BCUT2D eigenvalue weighted by Crippen LogP contribution is 2.12. The number of rotatable bonds is 1. The third kappa shape index (κ3) is 2.11. The number of likely N-dealkylation sites (tertiary alicyclic amines) is 1. The molecule has 1 heterocycles. The normalized spacial score (nSPS) is 25.3. The zero-order chi connectivity index (χ0) is 9.14. The lowest BCUT2D eigenvalue weighted by Gasteiger charge is -2.34. The number of amides is 2. The summed E-state index contributed by atoms with van der Waals surface area (Å²) in [6, 6.07) is -0.0171. The van der Waals surface area contributed by atoms with Crippen LogP contribution in [0.5, 0.6) is 0 Å². The Balaban J connectivity index is 2.45. The Labute approximate surface area is 73.3 Å². The number of hydrogen-bond donors (Lipinski definition) is 1. The van der Waals surface area contributed by atoms with Gasteiger partial charge < -0.3 is 15.5 Å². The molecule has 70 valence electrons. The van der Waals surface area contributed by atoms with E-state index in [4.69, 9.17) is 5.73 Å². The van der Waals surface area contributed by atoms with Crippen molar-refractivity contribution in [2.45, 2.75) is 18.9 Å². The molecule has 1 unspecified atom stereocenters. The number of carbonyl (C=O) groups is 1. The molecule has 2 N–H and O–H groups in total. The Morgan fingerprint density at radius 2 is 2.33 bits per heavy atom. The Bertz CT molecular complexity index is 172. The van der Waals surface area contributed by atoms with Crippen LogP contribution in [0.1, 0.15) is 12.8 Å². The summed E-state index contributed by atoms with van der Waals surface area (Å²) in [6.45, 7) is 2.07. The minimum absolute atomic E-state index is 0.307. The van der Waals surface area contributed by atoms with Crippen molar-refractivity contribution in [3.8, 4) is 0 Å². The molecule has 0 bridgehead atoms. The summed E-state index contributed by atoms with van der Waals surface area (Å²) in [6.07, 6.45) is 2.22. The SMILES string of the molecule is CN1CCCC(N(C)C(N)=O)C1. The predicted molar refractivity (Wildman–Crippen MR) is 47.9 cm³/mol. The van der Waals surface area contributed by atoms with E-state index >= 15 is 0 Å². The summed E-state index contributed by atoms with van der Waals surface area (Å²) in [5.41, 5.74) is 5.18. The van der Waals surface area contributed by atoms with Crippen LogP contribution in [0.15, 0.2) is 0 Å². The summed E-state index contributed by atoms with van der Waals surface area (Å²) in [7, 11) is 3.84. The van der Waals surface area contributed by atoms with Crippen molar-refractivity contribution in [3.05, 3.63) is 0 Å². The van der Waals surface area contributed by atoms with Gasteiger partial charge in [-0.2, -0.15) is 0 Å². The lowest BCUT2D eigenvalue weighted by atomic mass is 10.1. The molecule has 0 radical (unpaired) electrons. The minimum atomic E-state index is -0.324. The van der Waals surface area contributed by atoms with Crippen molar-refractivity contribution < 1.29 is 4.79 Å². The summed E-state index contributed by atoms with van der Waals surface area (Å²) >= 11 is 0. The molecule has 4 nitrogen and oxygen atoms in total.